The number of nitrogens with one attached hydrogen (secondary N) is 1. The number of aromatic carboxylic acids is 1. The van der Waals surface area contributed by atoms with E-state index in [2.05, 4.69) is 10.3 Å². The van der Waals surface area contributed by atoms with Gasteiger partial charge in [0.1, 0.15) is 10.7 Å². The highest BCUT2D eigenvalue weighted by molar-refractivity contribution is 7.14. The fourth-order valence-corrected chi connectivity index (χ4v) is 2.05. The molecule has 0 radical (unpaired) electrons. The second-order valence-corrected chi connectivity index (χ2v) is 4.18. The molecular formula is C11H7FN2O3S. The zero-order valence-corrected chi connectivity index (χ0v) is 9.70. The smallest absolute Gasteiger partial charge is 0.338 e. The van der Waals surface area contributed by atoms with Gasteiger partial charge in [0.15, 0.2) is 0 Å². The van der Waals surface area contributed by atoms with Crippen LogP contribution in [0.5, 0.6) is 0 Å². The predicted molar refractivity (Wildman–Crippen MR) is 63.4 cm³/mol. The van der Waals surface area contributed by atoms with Crippen LogP contribution in [0, 0.1) is 5.95 Å². The zero-order valence-electron chi connectivity index (χ0n) is 8.88. The van der Waals surface area contributed by atoms with Crippen molar-refractivity contribution in [3.63, 3.8) is 0 Å². The Kier molecular flexibility index (Phi) is 3.33. The third-order valence-corrected chi connectivity index (χ3v) is 2.90. The van der Waals surface area contributed by atoms with Crippen molar-refractivity contribution >= 4 is 28.2 Å². The van der Waals surface area contributed by atoms with Crippen molar-refractivity contribution in [2.45, 2.75) is 0 Å². The molecule has 18 heavy (non-hydrogen) atoms. The monoisotopic (exact) mass is 266 g/mol. The maximum absolute atomic E-state index is 12.8. The molecule has 2 aromatic heterocycles. The van der Waals surface area contributed by atoms with E-state index in [1.54, 1.807) is 0 Å². The summed E-state index contributed by atoms with van der Waals surface area (Å²) in [4.78, 5) is 26.0. The third kappa shape index (κ3) is 2.51. The van der Waals surface area contributed by atoms with Crippen LogP contribution in [-0.4, -0.2) is 22.0 Å². The standard InChI is InChI=1S/C11H7FN2O3S/c12-8-3-1-2-7(13-8)9(15)14-10-6(11(16)17)4-5-18-10/h1-5H,(H,14,15)(H,16,17). The molecule has 2 rings (SSSR count). The lowest BCUT2D eigenvalue weighted by Gasteiger charge is -2.03. The molecule has 0 aliphatic carbocycles. The van der Waals surface area contributed by atoms with Crippen LogP contribution < -0.4 is 5.32 Å². The molecule has 0 aliphatic rings. The molecule has 0 saturated heterocycles. The number of halogens is 1. The van der Waals surface area contributed by atoms with Crippen molar-refractivity contribution in [2.24, 2.45) is 0 Å². The van der Waals surface area contributed by atoms with Crippen LogP contribution in [0.1, 0.15) is 20.8 Å². The zero-order chi connectivity index (χ0) is 13.1. The Morgan fingerprint density at radius 3 is 2.78 bits per heavy atom. The van der Waals surface area contributed by atoms with Crippen molar-refractivity contribution in [2.75, 3.05) is 5.32 Å². The number of thiophene rings is 1. The van der Waals surface area contributed by atoms with Crippen LogP contribution in [0.3, 0.4) is 0 Å². The molecule has 0 fully saturated rings. The van der Waals surface area contributed by atoms with E-state index in [9.17, 15) is 14.0 Å². The number of hydrogen-bond donors (Lipinski definition) is 2. The largest absolute Gasteiger partial charge is 0.478 e. The molecule has 0 aliphatic heterocycles. The van der Waals surface area contributed by atoms with E-state index in [0.717, 1.165) is 17.4 Å². The SMILES string of the molecule is O=C(Nc1sccc1C(=O)O)c1cccc(F)n1. The summed E-state index contributed by atoms with van der Waals surface area (Å²) in [6, 6.07) is 5.18. The van der Waals surface area contributed by atoms with Crippen LogP contribution >= 0.6 is 11.3 Å². The molecule has 0 bridgehead atoms. The number of carboxylic acids is 1. The van der Waals surface area contributed by atoms with Crippen LogP contribution in [0.25, 0.3) is 0 Å². The highest BCUT2D eigenvalue weighted by Crippen LogP contribution is 2.23. The van der Waals surface area contributed by atoms with Gasteiger partial charge in [-0.2, -0.15) is 4.39 Å². The van der Waals surface area contributed by atoms with Gasteiger partial charge >= 0.3 is 5.97 Å². The van der Waals surface area contributed by atoms with E-state index < -0.39 is 17.8 Å². The van der Waals surface area contributed by atoms with Gasteiger partial charge in [-0.1, -0.05) is 6.07 Å². The van der Waals surface area contributed by atoms with E-state index >= 15 is 0 Å². The summed E-state index contributed by atoms with van der Waals surface area (Å²) in [5, 5.41) is 13.0. The van der Waals surface area contributed by atoms with E-state index in [0.29, 0.717) is 0 Å². The van der Waals surface area contributed by atoms with Crippen molar-refractivity contribution in [1.29, 1.82) is 0 Å². The second kappa shape index (κ2) is 4.92. The lowest BCUT2D eigenvalue weighted by molar-refractivity contribution is 0.0698. The highest BCUT2D eigenvalue weighted by Gasteiger charge is 2.15. The normalized spacial score (nSPS) is 10.1. The van der Waals surface area contributed by atoms with Gasteiger partial charge in [0.25, 0.3) is 5.91 Å². The number of rotatable bonds is 3. The Morgan fingerprint density at radius 1 is 1.33 bits per heavy atom. The van der Waals surface area contributed by atoms with E-state index in [1.807, 2.05) is 0 Å². The van der Waals surface area contributed by atoms with Crippen LogP contribution in [0.2, 0.25) is 0 Å². The summed E-state index contributed by atoms with van der Waals surface area (Å²) in [6.45, 7) is 0. The Bertz CT molecular complexity index is 612. The summed E-state index contributed by atoms with van der Waals surface area (Å²) in [7, 11) is 0. The molecule has 2 aromatic rings. The molecule has 2 N–H and O–H groups in total. The molecule has 0 spiro atoms. The number of carbonyl (C=O) groups excluding carboxylic acids is 1. The number of hydrogen-bond acceptors (Lipinski definition) is 4. The summed E-state index contributed by atoms with van der Waals surface area (Å²) < 4.78 is 12.8. The van der Waals surface area contributed by atoms with Gasteiger partial charge in [-0.25, -0.2) is 9.78 Å². The maximum Gasteiger partial charge on any atom is 0.338 e. The van der Waals surface area contributed by atoms with Crippen LogP contribution in [-0.2, 0) is 0 Å². The predicted octanol–water partition coefficient (Wildman–Crippen LogP) is 2.23. The van der Waals surface area contributed by atoms with Gasteiger partial charge < -0.3 is 10.4 Å². The van der Waals surface area contributed by atoms with Gasteiger partial charge in [0.05, 0.1) is 5.56 Å². The van der Waals surface area contributed by atoms with Crippen molar-refractivity contribution in [3.8, 4) is 0 Å². The minimum absolute atomic E-state index is 0.00949. The minimum atomic E-state index is -1.14. The maximum atomic E-state index is 12.8. The fourth-order valence-electron chi connectivity index (χ4n) is 1.28. The van der Waals surface area contributed by atoms with Gasteiger partial charge in [0, 0.05) is 0 Å². The Balaban J connectivity index is 2.21. The highest BCUT2D eigenvalue weighted by atomic mass is 32.1. The molecular weight excluding hydrogens is 259 g/mol. The summed E-state index contributed by atoms with van der Waals surface area (Å²) in [5.74, 6) is -2.56. The lowest BCUT2D eigenvalue weighted by atomic mass is 10.3. The number of anilines is 1. The van der Waals surface area contributed by atoms with Crippen LogP contribution in [0.15, 0.2) is 29.6 Å². The van der Waals surface area contributed by atoms with Gasteiger partial charge in [0.2, 0.25) is 5.95 Å². The summed E-state index contributed by atoms with van der Waals surface area (Å²) in [6.07, 6.45) is 0. The van der Waals surface area contributed by atoms with E-state index in [4.69, 9.17) is 5.11 Å². The van der Waals surface area contributed by atoms with Crippen LogP contribution in [0.4, 0.5) is 9.39 Å². The second-order valence-electron chi connectivity index (χ2n) is 3.27. The minimum Gasteiger partial charge on any atom is -0.478 e. The number of carbonyl (C=O) groups is 2. The third-order valence-electron chi connectivity index (χ3n) is 2.07. The first kappa shape index (κ1) is 12.2. The molecule has 92 valence electrons. The first-order valence-corrected chi connectivity index (χ1v) is 5.70. The molecule has 2 heterocycles. The molecule has 7 heteroatoms. The number of nitrogens with zero attached hydrogens (tertiary/aromatic N) is 1. The molecule has 0 unspecified atom stereocenters. The Hall–Kier alpha value is -2.28. The number of pyridine rings is 1. The van der Waals surface area contributed by atoms with E-state index in [1.165, 1.54) is 23.6 Å². The summed E-state index contributed by atoms with van der Waals surface area (Å²) in [5.41, 5.74) is -0.121. The quantitative estimate of drug-likeness (QED) is 0.835. The average Bonchev–Trinajstić information content (AvgIpc) is 2.77. The molecule has 0 atom stereocenters. The van der Waals surface area contributed by atoms with E-state index in [-0.39, 0.29) is 16.3 Å². The topological polar surface area (TPSA) is 79.3 Å². The molecule has 5 nitrogen and oxygen atoms in total. The van der Waals surface area contributed by atoms with Crippen molar-refractivity contribution in [1.82, 2.24) is 4.98 Å². The molecule has 1 amide bonds. The van der Waals surface area contributed by atoms with Gasteiger partial charge in [-0.15, -0.1) is 11.3 Å². The number of aromatic nitrogens is 1. The average molecular weight is 266 g/mol. The number of carboxylic acid groups (broad SMARTS) is 1. The Morgan fingerprint density at radius 2 is 2.11 bits per heavy atom. The Labute approximate surface area is 105 Å². The van der Waals surface area contributed by atoms with Gasteiger partial charge in [-0.05, 0) is 23.6 Å². The van der Waals surface area contributed by atoms with Crippen molar-refractivity contribution < 1.29 is 19.1 Å². The first-order chi connectivity index (χ1) is 8.58. The first-order valence-electron chi connectivity index (χ1n) is 4.82. The van der Waals surface area contributed by atoms with Gasteiger partial charge in [-0.3, -0.25) is 4.79 Å². The molecule has 0 saturated carbocycles. The lowest BCUT2D eigenvalue weighted by Crippen LogP contribution is -2.15. The number of amides is 1. The van der Waals surface area contributed by atoms with Crippen molar-refractivity contribution in [3.05, 3.63) is 46.9 Å². The molecule has 0 aromatic carbocycles. The fraction of sp³-hybridized carbons (Fsp3) is 0. The summed E-state index contributed by atoms with van der Waals surface area (Å²) >= 11 is 1.07.